The summed E-state index contributed by atoms with van der Waals surface area (Å²) in [7, 11) is 1.54. The quantitative estimate of drug-likeness (QED) is 0.833. The third kappa shape index (κ3) is 4.29. The fourth-order valence-corrected chi connectivity index (χ4v) is 1.84. The molecule has 0 unspecified atom stereocenters. The highest BCUT2D eigenvalue weighted by molar-refractivity contribution is 6.30. The molecule has 0 bridgehead atoms. The summed E-state index contributed by atoms with van der Waals surface area (Å²) in [6, 6.07) is 11.8. The van der Waals surface area contributed by atoms with Crippen LogP contribution < -0.4 is 20.5 Å². The van der Waals surface area contributed by atoms with Crippen molar-refractivity contribution in [3.05, 3.63) is 47.5 Å². The van der Waals surface area contributed by atoms with Gasteiger partial charge in [0, 0.05) is 11.1 Å². The van der Waals surface area contributed by atoms with Gasteiger partial charge in [-0.15, -0.1) is 0 Å². The maximum Gasteiger partial charge on any atom is 0.262 e. The average Bonchev–Trinajstić information content (AvgIpc) is 2.47. The molecule has 6 heteroatoms. The summed E-state index contributed by atoms with van der Waals surface area (Å²) in [6.45, 7) is -0.142. The highest BCUT2D eigenvalue weighted by atomic mass is 35.5. The van der Waals surface area contributed by atoms with Gasteiger partial charge in [-0.1, -0.05) is 17.7 Å². The predicted molar refractivity (Wildman–Crippen MR) is 83.0 cm³/mol. The number of anilines is 2. The number of benzene rings is 2. The van der Waals surface area contributed by atoms with Crippen molar-refractivity contribution in [2.45, 2.75) is 0 Å². The van der Waals surface area contributed by atoms with Crippen LogP contribution in [0.2, 0.25) is 5.02 Å². The van der Waals surface area contributed by atoms with E-state index in [1.165, 1.54) is 0 Å². The van der Waals surface area contributed by atoms with Crippen LogP contribution in [0.1, 0.15) is 0 Å². The van der Waals surface area contributed by atoms with E-state index in [0.717, 1.165) is 0 Å². The first kappa shape index (κ1) is 15.0. The van der Waals surface area contributed by atoms with E-state index in [9.17, 15) is 4.79 Å². The third-order valence-electron chi connectivity index (χ3n) is 2.70. The third-order valence-corrected chi connectivity index (χ3v) is 2.94. The molecule has 5 nitrogen and oxygen atoms in total. The molecule has 0 aromatic heterocycles. The van der Waals surface area contributed by atoms with Crippen molar-refractivity contribution < 1.29 is 14.3 Å². The lowest BCUT2D eigenvalue weighted by Gasteiger charge is -2.11. The van der Waals surface area contributed by atoms with Gasteiger partial charge in [-0.3, -0.25) is 4.79 Å². The number of carbonyl (C=O) groups is 1. The molecule has 0 radical (unpaired) electrons. The second-order valence-corrected chi connectivity index (χ2v) is 4.68. The zero-order valence-corrected chi connectivity index (χ0v) is 12.2. The molecular weight excluding hydrogens is 292 g/mol. The molecule has 1 amide bonds. The van der Waals surface area contributed by atoms with E-state index in [1.54, 1.807) is 49.6 Å². The van der Waals surface area contributed by atoms with Gasteiger partial charge in [-0.2, -0.15) is 0 Å². The summed E-state index contributed by atoms with van der Waals surface area (Å²) in [5, 5.41) is 3.21. The van der Waals surface area contributed by atoms with Crippen LogP contribution in [0.4, 0.5) is 11.4 Å². The Morgan fingerprint density at radius 1 is 1.24 bits per heavy atom. The maximum atomic E-state index is 11.9. The summed E-state index contributed by atoms with van der Waals surface area (Å²) in [6.07, 6.45) is 0. The minimum absolute atomic E-state index is 0.142. The normalized spacial score (nSPS) is 10.0. The van der Waals surface area contributed by atoms with Crippen LogP contribution in [-0.2, 0) is 4.79 Å². The average molecular weight is 307 g/mol. The molecule has 3 N–H and O–H groups in total. The molecule has 2 rings (SSSR count). The van der Waals surface area contributed by atoms with E-state index < -0.39 is 0 Å². The highest BCUT2D eigenvalue weighted by Gasteiger charge is 2.08. The number of hydrogen-bond acceptors (Lipinski definition) is 4. The zero-order chi connectivity index (χ0) is 15.2. The van der Waals surface area contributed by atoms with Crippen LogP contribution in [0.5, 0.6) is 11.5 Å². The Morgan fingerprint density at radius 3 is 2.76 bits per heavy atom. The maximum absolute atomic E-state index is 11.9. The van der Waals surface area contributed by atoms with Gasteiger partial charge in [0.25, 0.3) is 5.91 Å². The van der Waals surface area contributed by atoms with E-state index in [2.05, 4.69) is 5.32 Å². The first-order chi connectivity index (χ1) is 10.1. The lowest BCUT2D eigenvalue weighted by atomic mass is 10.2. The van der Waals surface area contributed by atoms with E-state index in [-0.39, 0.29) is 12.5 Å². The van der Waals surface area contributed by atoms with E-state index in [1.807, 2.05) is 0 Å². The van der Waals surface area contributed by atoms with Crippen molar-refractivity contribution in [3.63, 3.8) is 0 Å². The fraction of sp³-hybridized carbons (Fsp3) is 0.133. The summed E-state index contributed by atoms with van der Waals surface area (Å²) < 4.78 is 10.4. The molecule has 0 aliphatic carbocycles. The van der Waals surface area contributed by atoms with Gasteiger partial charge in [0.15, 0.2) is 6.61 Å². The van der Waals surface area contributed by atoms with Crippen LogP contribution in [0.25, 0.3) is 0 Å². The molecule has 0 fully saturated rings. The van der Waals surface area contributed by atoms with Gasteiger partial charge in [0.05, 0.1) is 18.5 Å². The first-order valence-electron chi connectivity index (χ1n) is 6.20. The molecule has 2 aromatic rings. The molecule has 0 spiro atoms. The number of amides is 1. The molecule has 0 aliphatic heterocycles. The summed E-state index contributed by atoms with van der Waals surface area (Å²) in [5.41, 5.74) is 6.72. The number of carbonyl (C=O) groups excluding carboxylic acids is 1. The Morgan fingerprint density at radius 2 is 2.05 bits per heavy atom. The molecule has 110 valence electrons. The van der Waals surface area contributed by atoms with Crippen LogP contribution in [0.3, 0.4) is 0 Å². The second-order valence-electron chi connectivity index (χ2n) is 4.25. The summed E-state index contributed by atoms with van der Waals surface area (Å²) in [4.78, 5) is 11.9. The van der Waals surface area contributed by atoms with Crippen LogP contribution in [0, 0.1) is 0 Å². The number of rotatable bonds is 5. The summed E-state index contributed by atoms with van der Waals surface area (Å²) in [5.74, 6) is 0.807. The smallest absolute Gasteiger partial charge is 0.262 e. The van der Waals surface area contributed by atoms with E-state index in [0.29, 0.717) is 27.9 Å². The van der Waals surface area contributed by atoms with Crippen molar-refractivity contribution in [2.24, 2.45) is 0 Å². The minimum Gasteiger partial charge on any atom is -0.497 e. The Balaban J connectivity index is 1.96. The molecule has 0 saturated heterocycles. The standard InChI is InChI=1S/C15H15ClN2O3/c1-20-11-5-6-13(17)14(8-11)18-15(19)9-21-12-4-2-3-10(16)7-12/h2-8H,9,17H2,1H3,(H,18,19). The lowest BCUT2D eigenvalue weighted by Crippen LogP contribution is -2.20. The van der Waals surface area contributed by atoms with Crippen LogP contribution in [-0.4, -0.2) is 19.6 Å². The van der Waals surface area contributed by atoms with Gasteiger partial charge < -0.3 is 20.5 Å². The number of nitrogens with two attached hydrogens (primary N) is 1. The van der Waals surface area contributed by atoms with Crippen LogP contribution >= 0.6 is 11.6 Å². The van der Waals surface area contributed by atoms with Gasteiger partial charge in [-0.25, -0.2) is 0 Å². The molecule has 0 heterocycles. The Labute approximate surface area is 127 Å². The molecule has 0 atom stereocenters. The Hall–Kier alpha value is -2.40. The molecule has 0 saturated carbocycles. The molecule has 2 aromatic carbocycles. The number of hydrogen-bond donors (Lipinski definition) is 2. The number of halogens is 1. The number of ether oxygens (including phenoxy) is 2. The van der Waals surface area contributed by atoms with Crippen molar-refractivity contribution in [1.29, 1.82) is 0 Å². The van der Waals surface area contributed by atoms with Crippen molar-refractivity contribution in [2.75, 3.05) is 24.8 Å². The van der Waals surface area contributed by atoms with E-state index >= 15 is 0 Å². The number of nitrogen functional groups attached to an aromatic ring is 1. The first-order valence-corrected chi connectivity index (χ1v) is 6.58. The zero-order valence-electron chi connectivity index (χ0n) is 11.4. The van der Waals surface area contributed by atoms with Crippen molar-refractivity contribution in [1.82, 2.24) is 0 Å². The monoisotopic (exact) mass is 306 g/mol. The topological polar surface area (TPSA) is 73.6 Å². The highest BCUT2D eigenvalue weighted by Crippen LogP contribution is 2.24. The van der Waals surface area contributed by atoms with E-state index in [4.69, 9.17) is 26.8 Å². The molecule has 0 aliphatic rings. The van der Waals surface area contributed by atoms with Gasteiger partial charge in [0.2, 0.25) is 0 Å². The minimum atomic E-state index is -0.324. The predicted octanol–water partition coefficient (Wildman–Crippen LogP) is 2.95. The van der Waals surface area contributed by atoms with Gasteiger partial charge in [0.1, 0.15) is 11.5 Å². The fourth-order valence-electron chi connectivity index (χ4n) is 1.66. The summed E-state index contributed by atoms with van der Waals surface area (Å²) >= 11 is 5.83. The van der Waals surface area contributed by atoms with Gasteiger partial charge >= 0.3 is 0 Å². The van der Waals surface area contributed by atoms with Gasteiger partial charge in [-0.05, 0) is 30.3 Å². The molecular formula is C15H15ClN2O3. The van der Waals surface area contributed by atoms with Crippen molar-refractivity contribution in [3.8, 4) is 11.5 Å². The molecule has 21 heavy (non-hydrogen) atoms. The second kappa shape index (κ2) is 6.85. The van der Waals surface area contributed by atoms with Crippen molar-refractivity contribution >= 4 is 28.9 Å². The SMILES string of the molecule is COc1ccc(N)c(NC(=O)COc2cccc(Cl)c2)c1. The number of methoxy groups -OCH3 is 1. The largest absolute Gasteiger partial charge is 0.497 e. The Bertz CT molecular complexity index is 647. The Kier molecular flexibility index (Phi) is 4.90. The van der Waals surface area contributed by atoms with Crippen LogP contribution in [0.15, 0.2) is 42.5 Å². The lowest BCUT2D eigenvalue weighted by molar-refractivity contribution is -0.118. The number of nitrogens with one attached hydrogen (secondary N) is 1.